The van der Waals surface area contributed by atoms with E-state index in [1.807, 2.05) is 4.90 Å². The van der Waals surface area contributed by atoms with Gasteiger partial charge >= 0.3 is 0 Å². The summed E-state index contributed by atoms with van der Waals surface area (Å²) < 4.78 is 5.37. The molecule has 17 heavy (non-hydrogen) atoms. The van der Waals surface area contributed by atoms with Crippen molar-refractivity contribution in [2.24, 2.45) is 5.73 Å². The molecule has 0 aromatic heterocycles. The summed E-state index contributed by atoms with van der Waals surface area (Å²) in [4.78, 5) is 16.1. The van der Waals surface area contributed by atoms with Crippen molar-refractivity contribution in [2.75, 3.05) is 39.4 Å². The molecule has 98 valence electrons. The average molecular weight is 241 g/mol. The van der Waals surface area contributed by atoms with Gasteiger partial charge in [-0.05, 0) is 19.8 Å². The highest BCUT2D eigenvalue weighted by Gasteiger charge is 2.27. The zero-order chi connectivity index (χ0) is 12.3. The Bertz CT molecular complexity index is 256. The van der Waals surface area contributed by atoms with Crippen LogP contribution in [0.2, 0.25) is 0 Å². The van der Waals surface area contributed by atoms with E-state index in [0.29, 0.717) is 6.04 Å². The fourth-order valence-electron chi connectivity index (χ4n) is 2.65. The largest absolute Gasteiger partial charge is 0.381 e. The minimum atomic E-state index is -0.371. The number of carbonyl (C=O) groups excluding carboxylic acids is 1. The van der Waals surface area contributed by atoms with Crippen LogP contribution in [-0.4, -0.2) is 67.2 Å². The summed E-state index contributed by atoms with van der Waals surface area (Å²) >= 11 is 0. The van der Waals surface area contributed by atoms with Gasteiger partial charge in [0.05, 0.1) is 6.04 Å². The van der Waals surface area contributed by atoms with Crippen molar-refractivity contribution in [1.29, 1.82) is 0 Å². The number of piperazine rings is 1. The second kappa shape index (κ2) is 5.80. The smallest absolute Gasteiger partial charge is 0.239 e. The third-order valence-corrected chi connectivity index (χ3v) is 3.72. The van der Waals surface area contributed by atoms with Gasteiger partial charge in [0.15, 0.2) is 0 Å². The van der Waals surface area contributed by atoms with Crippen LogP contribution < -0.4 is 5.73 Å². The molecule has 2 rings (SSSR count). The molecule has 5 heteroatoms. The van der Waals surface area contributed by atoms with Gasteiger partial charge in [-0.15, -0.1) is 0 Å². The summed E-state index contributed by atoms with van der Waals surface area (Å²) in [5, 5.41) is 0. The zero-order valence-corrected chi connectivity index (χ0v) is 10.6. The number of rotatable bonds is 2. The maximum atomic E-state index is 11.7. The molecule has 0 spiro atoms. The van der Waals surface area contributed by atoms with Crippen LogP contribution in [0.15, 0.2) is 0 Å². The second-order valence-corrected chi connectivity index (χ2v) is 4.99. The molecule has 2 aliphatic rings. The van der Waals surface area contributed by atoms with Gasteiger partial charge in [0, 0.05) is 45.4 Å². The number of carbonyl (C=O) groups is 1. The molecule has 0 radical (unpaired) electrons. The van der Waals surface area contributed by atoms with Gasteiger partial charge in [-0.2, -0.15) is 0 Å². The third kappa shape index (κ3) is 3.18. The molecule has 0 bridgehead atoms. The summed E-state index contributed by atoms with van der Waals surface area (Å²) in [6.45, 7) is 7.10. The summed E-state index contributed by atoms with van der Waals surface area (Å²) in [7, 11) is 0. The van der Waals surface area contributed by atoms with Crippen LogP contribution in [0.4, 0.5) is 0 Å². The lowest BCUT2D eigenvalue weighted by molar-refractivity contribution is -0.134. The molecular weight excluding hydrogens is 218 g/mol. The first kappa shape index (κ1) is 12.8. The van der Waals surface area contributed by atoms with Crippen LogP contribution in [-0.2, 0) is 9.53 Å². The predicted octanol–water partition coefficient (Wildman–Crippen LogP) is -0.343. The van der Waals surface area contributed by atoms with Crippen molar-refractivity contribution in [1.82, 2.24) is 9.80 Å². The number of nitrogens with zero attached hydrogens (tertiary/aromatic N) is 2. The van der Waals surface area contributed by atoms with Gasteiger partial charge in [-0.1, -0.05) is 0 Å². The Balaban J connectivity index is 1.79. The average Bonchev–Trinajstić information content (AvgIpc) is 2.39. The minimum Gasteiger partial charge on any atom is -0.381 e. The highest BCUT2D eigenvalue weighted by atomic mass is 16.5. The molecule has 2 saturated heterocycles. The van der Waals surface area contributed by atoms with E-state index in [2.05, 4.69) is 4.90 Å². The molecule has 2 fully saturated rings. The van der Waals surface area contributed by atoms with Gasteiger partial charge in [0.1, 0.15) is 0 Å². The lowest BCUT2D eigenvalue weighted by Crippen LogP contribution is -2.55. The highest BCUT2D eigenvalue weighted by Crippen LogP contribution is 2.16. The quantitative estimate of drug-likeness (QED) is 0.718. The fraction of sp³-hybridized carbons (Fsp3) is 0.917. The van der Waals surface area contributed by atoms with E-state index in [9.17, 15) is 4.79 Å². The first-order chi connectivity index (χ1) is 8.18. The van der Waals surface area contributed by atoms with E-state index in [1.165, 1.54) is 0 Å². The van der Waals surface area contributed by atoms with Crippen LogP contribution in [0.25, 0.3) is 0 Å². The predicted molar refractivity (Wildman–Crippen MR) is 65.6 cm³/mol. The topological polar surface area (TPSA) is 58.8 Å². The van der Waals surface area contributed by atoms with Crippen LogP contribution in [0, 0.1) is 0 Å². The summed E-state index contributed by atoms with van der Waals surface area (Å²) in [5.41, 5.74) is 5.62. The maximum Gasteiger partial charge on any atom is 0.239 e. The van der Waals surface area contributed by atoms with Gasteiger partial charge in [-0.25, -0.2) is 0 Å². The van der Waals surface area contributed by atoms with Crippen LogP contribution in [0.3, 0.4) is 0 Å². The maximum absolute atomic E-state index is 11.7. The van der Waals surface area contributed by atoms with Gasteiger partial charge in [0.25, 0.3) is 0 Å². The van der Waals surface area contributed by atoms with Crippen LogP contribution in [0.5, 0.6) is 0 Å². The van der Waals surface area contributed by atoms with Crippen LogP contribution in [0.1, 0.15) is 19.8 Å². The highest BCUT2D eigenvalue weighted by molar-refractivity contribution is 5.81. The molecule has 2 heterocycles. The van der Waals surface area contributed by atoms with Crippen molar-refractivity contribution in [3.05, 3.63) is 0 Å². The monoisotopic (exact) mass is 241 g/mol. The lowest BCUT2D eigenvalue weighted by atomic mass is 10.1. The fourth-order valence-corrected chi connectivity index (χ4v) is 2.65. The Kier molecular flexibility index (Phi) is 4.36. The SMILES string of the molecule is C[C@H](N)C(=O)N1CCN(C2CCOCC2)CC1. The summed E-state index contributed by atoms with van der Waals surface area (Å²) in [6, 6.07) is 0.279. The minimum absolute atomic E-state index is 0.0802. The normalized spacial score (nSPS) is 25.9. The molecule has 2 N–H and O–H groups in total. The van der Waals surface area contributed by atoms with E-state index in [-0.39, 0.29) is 11.9 Å². The Morgan fingerprint density at radius 3 is 2.35 bits per heavy atom. The van der Waals surface area contributed by atoms with E-state index in [4.69, 9.17) is 10.5 Å². The summed E-state index contributed by atoms with van der Waals surface area (Å²) in [5.74, 6) is 0.0802. The van der Waals surface area contributed by atoms with Crippen molar-refractivity contribution < 1.29 is 9.53 Å². The molecule has 2 aliphatic heterocycles. The Morgan fingerprint density at radius 2 is 1.82 bits per heavy atom. The number of nitrogens with two attached hydrogens (primary N) is 1. The van der Waals surface area contributed by atoms with E-state index >= 15 is 0 Å². The van der Waals surface area contributed by atoms with E-state index < -0.39 is 0 Å². The molecule has 0 saturated carbocycles. The Hall–Kier alpha value is -0.650. The first-order valence-electron chi connectivity index (χ1n) is 6.54. The van der Waals surface area contributed by atoms with Gasteiger partial charge in [0.2, 0.25) is 5.91 Å². The molecule has 5 nitrogen and oxygen atoms in total. The van der Waals surface area contributed by atoms with E-state index in [1.54, 1.807) is 6.92 Å². The number of hydrogen-bond donors (Lipinski definition) is 1. The third-order valence-electron chi connectivity index (χ3n) is 3.72. The molecule has 0 aromatic carbocycles. The van der Waals surface area contributed by atoms with Crippen molar-refractivity contribution in [3.63, 3.8) is 0 Å². The molecule has 1 amide bonds. The van der Waals surface area contributed by atoms with Gasteiger partial charge in [-0.3, -0.25) is 9.69 Å². The second-order valence-electron chi connectivity index (χ2n) is 4.99. The summed E-state index contributed by atoms with van der Waals surface area (Å²) in [6.07, 6.45) is 2.25. The zero-order valence-electron chi connectivity index (χ0n) is 10.6. The van der Waals surface area contributed by atoms with Crippen LogP contribution >= 0.6 is 0 Å². The number of ether oxygens (including phenoxy) is 1. The first-order valence-corrected chi connectivity index (χ1v) is 6.54. The molecule has 1 atom stereocenters. The van der Waals surface area contributed by atoms with Crippen molar-refractivity contribution in [3.8, 4) is 0 Å². The number of hydrogen-bond acceptors (Lipinski definition) is 4. The lowest BCUT2D eigenvalue weighted by Gasteiger charge is -2.41. The standard InChI is InChI=1S/C12H23N3O2/c1-10(13)12(16)15-6-4-14(5-7-15)11-2-8-17-9-3-11/h10-11H,2-9,13H2,1H3/t10-/m0/s1. The Labute approximate surface area is 103 Å². The van der Waals surface area contributed by atoms with Gasteiger partial charge < -0.3 is 15.4 Å². The van der Waals surface area contributed by atoms with Crippen molar-refractivity contribution >= 4 is 5.91 Å². The molecule has 0 aromatic rings. The molecule has 0 unspecified atom stereocenters. The Morgan fingerprint density at radius 1 is 1.24 bits per heavy atom. The molecule has 0 aliphatic carbocycles. The molecular formula is C12H23N3O2. The van der Waals surface area contributed by atoms with Crippen molar-refractivity contribution in [2.45, 2.75) is 31.8 Å². The van der Waals surface area contributed by atoms with E-state index in [0.717, 1.165) is 52.2 Å². The number of amides is 1.